The van der Waals surface area contributed by atoms with Gasteiger partial charge in [0.15, 0.2) is 0 Å². The first kappa shape index (κ1) is 8.46. The maximum Gasteiger partial charge on any atom is 0.337 e. The average molecular weight is 163 g/mol. The summed E-state index contributed by atoms with van der Waals surface area (Å²) in [4.78, 5) is 10.6. The van der Waals surface area contributed by atoms with Gasteiger partial charge in [-0.05, 0) is 24.6 Å². The Morgan fingerprint density at radius 3 is 2.75 bits per heavy atom. The zero-order valence-electron chi connectivity index (χ0n) is 6.66. The van der Waals surface area contributed by atoms with E-state index >= 15 is 0 Å². The normalized spacial score (nSPS) is 9.42. The molecule has 1 rings (SSSR count). The number of rotatable bonds is 1. The first-order valence-corrected chi connectivity index (χ1v) is 3.50. The van der Waals surface area contributed by atoms with Gasteiger partial charge in [-0.15, -0.1) is 0 Å². The molecule has 0 saturated heterocycles. The predicted octanol–water partition coefficient (Wildman–Crippen LogP) is 1.17. The molecule has 2 N–H and O–H groups in total. The van der Waals surface area contributed by atoms with Crippen LogP contribution in [0.15, 0.2) is 24.3 Å². The van der Waals surface area contributed by atoms with E-state index in [2.05, 4.69) is 0 Å². The molecule has 3 nitrogen and oxygen atoms in total. The molecule has 0 aromatic heterocycles. The van der Waals surface area contributed by atoms with E-state index in [4.69, 9.17) is 10.5 Å². The first-order chi connectivity index (χ1) is 5.61. The molecular formula is C9H9NO2. The Labute approximate surface area is 69.8 Å². The summed E-state index contributed by atoms with van der Waals surface area (Å²) in [5.74, 6) is -1.06. The van der Waals surface area contributed by atoms with Gasteiger partial charge in [0.2, 0.25) is 0 Å². The average Bonchev–Trinajstić information content (AvgIpc) is 2.10. The van der Waals surface area contributed by atoms with Crippen molar-refractivity contribution in [2.45, 2.75) is 6.92 Å². The summed E-state index contributed by atoms with van der Waals surface area (Å²) in [6.45, 7) is 1.82. The molecule has 0 bridgehead atoms. The molecule has 0 heterocycles. The summed E-state index contributed by atoms with van der Waals surface area (Å²) in [6, 6.07) is 6.36. The number of aromatic carboxylic acids is 1. The summed E-state index contributed by atoms with van der Waals surface area (Å²) in [5.41, 5.74) is 0.913. The van der Waals surface area contributed by atoms with Gasteiger partial charge in [0, 0.05) is 0 Å². The van der Waals surface area contributed by atoms with Gasteiger partial charge in [-0.3, -0.25) is 5.41 Å². The van der Waals surface area contributed by atoms with Crippen molar-refractivity contribution in [3.63, 3.8) is 0 Å². The van der Waals surface area contributed by atoms with Crippen LogP contribution < -0.4 is 5.36 Å². The molecule has 0 amide bonds. The van der Waals surface area contributed by atoms with Crippen molar-refractivity contribution in [3.05, 3.63) is 40.7 Å². The van der Waals surface area contributed by atoms with Gasteiger partial charge < -0.3 is 5.11 Å². The van der Waals surface area contributed by atoms with E-state index in [1.165, 1.54) is 12.1 Å². The maximum atomic E-state index is 10.6. The van der Waals surface area contributed by atoms with E-state index in [9.17, 15) is 4.79 Å². The van der Waals surface area contributed by atoms with Gasteiger partial charge in [0.05, 0.1) is 10.9 Å². The standard InChI is InChI=1S/C9H9NO2/c1-6-3-2-4-7(9(11)12)8(10)5-6/h2-5,10H,1H3,(H,11,12). The number of aryl methyl sites for hydroxylation is 1. The second-order valence-corrected chi connectivity index (χ2v) is 2.55. The number of carbonyl (C=O) groups is 1. The van der Waals surface area contributed by atoms with Crippen LogP contribution in [0.25, 0.3) is 0 Å². The molecule has 1 aromatic rings. The minimum atomic E-state index is -1.06. The minimum Gasteiger partial charge on any atom is -0.478 e. The molecule has 3 heteroatoms. The topological polar surface area (TPSA) is 61.1 Å². The van der Waals surface area contributed by atoms with E-state index in [1.54, 1.807) is 12.1 Å². The third kappa shape index (κ3) is 1.69. The zero-order chi connectivity index (χ0) is 9.14. The predicted molar refractivity (Wildman–Crippen MR) is 44.0 cm³/mol. The van der Waals surface area contributed by atoms with Crippen LogP contribution in [0.2, 0.25) is 0 Å². The summed E-state index contributed by atoms with van der Waals surface area (Å²) in [5, 5.41) is 16.1. The fourth-order valence-corrected chi connectivity index (χ4v) is 0.926. The SMILES string of the molecule is Cc1cccc(C(=O)O)c(=N)c1. The van der Waals surface area contributed by atoms with Crippen LogP contribution in [0, 0.1) is 12.3 Å². The smallest absolute Gasteiger partial charge is 0.337 e. The molecule has 0 radical (unpaired) electrons. The summed E-state index contributed by atoms with van der Waals surface area (Å²) in [7, 11) is 0. The quantitative estimate of drug-likeness (QED) is 0.652. The molecule has 0 unspecified atom stereocenters. The Kier molecular flexibility index (Phi) is 2.24. The Morgan fingerprint density at radius 1 is 1.50 bits per heavy atom. The number of carboxylic acids is 1. The van der Waals surface area contributed by atoms with Crippen molar-refractivity contribution in [1.82, 2.24) is 0 Å². The van der Waals surface area contributed by atoms with E-state index < -0.39 is 5.97 Å². The lowest BCUT2D eigenvalue weighted by Crippen LogP contribution is -2.10. The van der Waals surface area contributed by atoms with Crippen molar-refractivity contribution in [2.24, 2.45) is 0 Å². The molecule has 0 aliphatic rings. The Balaban J connectivity index is 3.46. The van der Waals surface area contributed by atoms with Gasteiger partial charge in [0.1, 0.15) is 0 Å². The lowest BCUT2D eigenvalue weighted by molar-refractivity contribution is 0.0695. The summed E-state index contributed by atoms with van der Waals surface area (Å²) in [6.07, 6.45) is 0. The minimum absolute atomic E-state index is 0.0306. The van der Waals surface area contributed by atoms with Crippen molar-refractivity contribution in [2.75, 3.05) is 0 Å². The molecular weight excluding hydrogens is 154 g/mol. The molecule has 0 aliphatic carbocycles. The second kappa shape index (κ2) is 3.17. The molecule has 0 saturated carbocycles. The molecule has 0 aliphatic heterocycles. The highest BCUT2D eigenvalue weighted by Gasteiger charge is 2.01. The lowest BCUT2D eigenvalue weighted by atomic mass is 10.2. The maximum absolute atomic E-state index is 10.6. The fourth-order valence-electron chi connectivity index (χ4n) is 0.926. The van der Waals surface area contributed by atoms with Crippen LogP contribution in [0.3, 0.4) is 0 Å². The number of carboxylic acid groups (broad SMARTS) is 1. The number of hydrogen-bond acceptors (Lipinski definition) is 2. The molecule has 62 valence electrons. The molecule has 0 atom stereocenters. The van der Waals surface area contributed by atoms with E-state index in [0.717, 1.165) is 5.56 Å². The largest absolute Gasteiger partial charge is 0.478 e. The first-order valence-electron chi connectivity index (χ1n) is 3.50. The fraction of sp³-hybridized carbons (Fsp3) is 0.111. The van der Waals surface area contributed by atoms with Crippen LogP contribution in [0.1, 0.15) is 15.9 Å². The van der Waals surface area contributed by atoms with Crippen molar-refractivity contribution in [3.8, 4) is 0 Å². The van der Waals surface area contributed by atoms with E-state index in [0.29, 0.717) is 0 Å². The highest BCUT2D eigenvalue weighted by atomic mass is 16.4. The van der Waals surface area contributed by atoms with Crippen LogP contribution in [-0.4, -0.2) is 11.1 Å². The van der Waals surface area contributed by atoms with Crippen molar-refractivity contribution >= 4 is 5.97 Å². The van der Waals surface area contributed by atoms with Crippen molar-refractivity contribution in [1.29, 1.82) is 5.41 Å². The molecule has 0 spiro atoms. The third-order valence-electron chi connectivity index (χ3n) is 1.51. The van der Waals surface area contributed by atoms with Gasteiger partial charge in [0.25, 0.3) is 0 Å². The van der Waals surface area contributed by atoms with E-state index in [-0.39, 0.29) is 10.9 Å². The monoisotopic (exact) mass is 163 g/mol. The summed E-state index contributed by atoms with van der Waals surface area (Å²) < 4.78 is 0. The van der Waals surface area contributed by atoms with Crippen LogP contribution in [0.5, 0.6) is 0 Å². The highest BCUT2D eigenvalue weighted by molar-refractivity contribution is 5.87. The van der Waals surface area contributed by atoms with Gasteiger partial charge in [-0.25, -0.2) is 4.79 Å². The molecule has 1 aromatic carbocycles. The highest BCUT2D eigenvalue weighted by Crippen LogP contribution is 1.94. The lowest BCUT2D eigenvalue weighted by Gasteiger charge is -1.86. The Morgan fingerprint density at radius 2 is 2.17 bits per heavy atom. The second-order valence-electron chi connectivity index (χ2n) is 2.55. The number of hydrogen-bond donors (Lipinski definition) is 2. The van der Waals surface area contributed by atoms with Crippen LogP contribution in [0.4, 0.5) is 0 Å². The van der Waals surface area contributed by atoms with Crippen molar-refractivity contribution < 1.29 is 9.90 Å². The van der Waals surface area contributed by atoms with Gasteiger partial charge in [-0.2, -0.15) is 0 Å². The van der Waals surface area contributed by atoms with Gasteiger partial charge >= 0.3 is 5.97 Å². The number of nitrogens with one attached hydrogen (secondary N) is 1. The third-order valence-corrected chi connectivity index (χ3v) is 1.51. The van der Waals surface area contributed by atoms with Crippen LogP contribution in [-0.2, 0) is 0 Å². The van der Waals surface area contributed by atoms with Crippen LogP contribution >= 0.6 is 0 Å². The van der Waals surface area contributed by atoms with Gasteiger partial charge in [-0.1, -0.05) is 12.1 Å². The van der Waals surface area contributed by atoms with E-state index in [1.807, 2.05) is 6.92 Å². The summed E-state index contributed by atoms with van der Waals surface area (Å²) >= 11 is 0. The Bertz CT molecular complexity index is 371. The molecule has 12 heavy (non-hydrogen) atoms. The molecule has 0 fully saturated rings. The zero-order valence-corrected chi connectivity index (χ0v) is 6.66. The Hall–Kier alpha value is -1.64.